The second-order valence-electron chi connectivity index (χ2n) is 7.39. The van der Waals surface area contributed by atoms with E-state index >= 15 is 0 Å². The van der Waals surface area contributed by atoms with E-state index < -0.39 is 5.97 Å². The van der Waals surface area contributed by atoms with Crippen LogP contribution in [0.25, 0.3) is 10.9 Å². The number of hydrogen-bond acceptors (Lipinski definition) is 5. The minimum atomic E-state index is -0.474. The first-order chi connectivity index (χ1) is 14.7. The topological polar surface area (TPSA) is 71.5 Å². The Kier molecular flexibility index (Phi) is 6.05. The van der Waals surface area contributed by atoms with Crippen molar-refractivity contribution in [2.75, 3.05) is 19.7 Å². The summed E-state index contributed by atoms with van der Waals surface area (Å²) in [5.41, 5.74) is 4.16. The van der Waals surface area contributed by atoms with Crippen molar-refractivity contribution in [3.63, 3.8) is 0 Å². The molecule has 1 amide bonds. The van der Waals surface area contributed by atoms with Crippen molar-refractivity contribution in [2.45, 2.75) is 26.4 Å². The third kappa shape index (κ3) is 4.33. The minimum Gasteiger partial charge on any atom is -0.452 e. The van der Waals surface area contributed by atoms with Crippen LogP contribution >= 0.6 is 0 Å². The predicted molar refractivity (Wildman–Crippen MR) is 115 cm³/mol. The zero-order chi connectivity index (χ0) is 20.9. The first-order valence-electron chi connectivity index (χ1n) is 10.3. The van der Waals surface area contributed by atoms with Crippen LogP contribution in [0, 0.1) is 0 Å². The largest absolute Gasteiger partial charge is 0.452 e. The normalized spacial score (nSPS) is 13.6. The summed E-state index contributed by atoms with van der Waals surface area (Å²) >= 11 is 0. The summed E-state index contributed by atoms with van der Waals surface area (Å²) in [6.07, 6.45) is 0.797. The van der Waals surface area contributed by atoms with Gasteiger partial charge in [-0.2, -0.15) is 0 Å². The van der Waals surface area contributed by atoms with Crippen molar-refractivity contribution in [1.29, 1.82) is 0 Å². The van der Waals surface area contributed by atoms with Gasteiger partial charge in [0.15, 0.2) is 6.61 Å². The fourth-order valence-electron chi connectivity index (χ4n) is 3.80. The zero-order valence-corrected chi connectivity index (χ0v) is 17.1. The van der Waals surface area contributed by atoms with Crippen molar-refractivity contribution in [2.24, 2.45) is 0 Å². The number of para-hydroxylation sites is 1. The molecule has 0 aliphatic carbocycles. The van der Waals surface area contributed by atoms with Gasteiger partial charge in [0.1, 0.15) is 0 Å². The fraction of sp³-hybridized carbons (Fsp3) is 0.292. The van der Waals surface area contributed by atoms with Crippen LogP contribution in [0.15, 0.2) is 54.6 Å². The lowest BCUT2D eigenvalue weighted by Gasteiger charge is -2.28. The van der Waals surface area contributed by atoms with E-state index in [0.717, 1.165) is 47.2 Å². The van der Waals surface area contributed by atoms with Gasteiger partial charge >= 0.3 is 5.97 Å². The molecule has 0 fully saturated rings. The summed E-state index contributed by atoms with van der Waals surface area (Å²) in [5.74, 6) is -0.799. The first kappa shape index (κ1) is 20.0. The van der Waals surface area contributed by atoms with Crippen LogP contribution < -0.4 is 5.32 Å². The first-order valence-corrected chi connectivity index (χ1v) is 10.3. The Morgan fingerprint density at radius 3 is 2.67 bits per heavy atom. The fourth-order valence-corrected chi connectivity index (χ4v) is 3.80. The molecule has 0 bridgehead atoms. The van der Waals surface area contributed by atoms with Crippen LogP contribution in [0.4, 0.5) is 0 Å². The van der Waals surface area contributed by atoms with Crippen molar-refractivity contribution >= 4 is 22.8 Å². The van der Waals surface area contributed by atoms with Gasteiger partial charge in [0, 0.05) is 42.7 Å². The predicted octanol–water partition coefficient (Wildman–Crippen LogP) is 3.09. The van der Waals surface area contributed by atoms with E-state index in [1.165, 1.54) is 0 Å². The zero-order valence-electron chi connectivity index (χ0n) is 17.1. The Bertz CT molecular complexity index is 1070. The summed E-state index contributed by atoms with van der Waals surface area (Å²) < 4.78 is 5.42. The van der Waals surface area contributed by atoms with E-state index in [-0.39, 0.29) is 12.5 Å². The van der Waals surface area contributed by atoms with E-state index in [9.17, 15) is 9.59 Å². The second kappa shape index (κ2) is 9.05. The monoisotopic (exact) mass is 403 g/mol. The molecule has 30 heavy (non-hydrogen) atoms. The third-order valence-corrected chi connectivity index (χ3v) is 5.44. The van der Waals surface area contributed by atoms with Crippen LogP contribution in [-0.2, 0) is 29.0 Å². The summed E-state index contributed by atoms with van der Waals surface area (Å²) in [4.78, 5) is 32.3. The highest BCUT2D eigenvalue weighted by Gasteiger charge is 2.26. The maximum absolute atomic E-state index is 13.1. The lowest BCUT2D eigenvalue weighted by molar-refractivity contribution is -0.124. The molecule has 4 rings (SSSR count). The van der Waals surface area contributed by atoms with E-state index in [0.29, 0.717) is 18.7 Å². The highest BCUT2D eigenvalue weighted by atomic mass is 16.5. The minimum absolute atomic E-state index is 0.311. The number of esters is 1. The number of nitrogens with zero attached hydrogens (tertiary/aromatic N) is 2. The molecule has 1 N–H and O–H groups in total. The summed E-state index contributed by atoms with van der Waals surface area (Å²) in [7, 11) is 0. The Hall–Kier alpha value is -3.25. The molecule has 0 saturated heterocycles. The Morgan fingerprint density at radius 1 is 1.10 bits per heavy atom. The Labute approximate surface area is 175 Å². The summed E-state index contributed by atoms with van der Waals surface area (Å²) in [5, 5.41) is 3.55. The van der Waals surface area contributed by atoms with E-state index in [1.54, 1.807) is 0 Å². The number of carbonyl (C=O) groups is 2. The van der Waals surface area contributed by atoms with Gasteiger partial charge in [-0.05, 0) is 18.2 Å². The lowest BCUT2D eigenvalue weighted by Crippen LogP contribution is -2.33. The van der Waals surface area contributed by atoms with Crippen molar-refractivity contribution in [3.8, 4) is 0 Å². The van der Waals surface area contributed by atoms with Crippen molar-refractivity contribution < 1.29 is 14.3 Å². The molecule has 3 aromatic rings. The lowest BCUT2D eigenvalue weighted by atomic mass is 9.96. The van der Waals surface area contributed by atoms with E-state index in [2.05, 4.69) is 17.1 Å². The van der Waals surface area contributed by atoms with Crippen molar-refractivity contribution in [3.05, 3.63) is 77.0 Å². The maximum atomic E-state index is 13.1. The number of benzene rings is 2. The third-order valence-electron chi connectivity index (χ3n) is 5.44. The van der Waals surface area contributed by atoms with Crippen LogP contribution in [0.1, 0.15) is 34.1 Å². The van der Waals surface area contributed by atoms with Gasteiger partial charge in [-0.15, -0.1) is 0 Å². The maximum Gasteiger partial charge on any atom is 0.339 e. The average molecular weight is 403 g/mol. The molecule has 0 saturated carbocycles. The van der Waals surface area contributed by atoms with Gasteiger partial charge < -0.3 is 10.1 Å². The highest BCUT2D eigenvalue weighted by molar-refractivity contribution is 6.05. The molecular formula is C24H25N3O3. The Morgan fingerprint density at radius 2 is 1.87 bits per heavy atom. The number of nitrogens with one attached hydrogen (secondary N) is 1. The molecular weight excluding hydrogens is 378 g/mol. The number of hydrogen-bond donors (Lipinski definition) is 1. The standard InChI is InChI=1S/C24H25N3O3/c1-2-27-13-12-21-19(15-27)23(18-10-6-7-11-20(18)26-21)24(29)30-16-22(28)25-14-17-8-4-3-5-9-17/h3-11H,2,12-16H2,1H3,(H,25,28). The molecule has 1 aromatic heterocycles. The molecule has 0 atom stereocenters. The number of rotatable bonds is 6. The second-order valence-corrected chi connectivity index (χ2v) is 7.39. The SMILES string of the molecule is CCN1CCc2nc3ccccc3c(C(=O)OCC(=O)NCc3ccccc3)c2C1. The number of ether oxygens (including phenoxy) is 1. The number of amides is 1. The van der Waals surface area contributed by atoms with Gasteiger partial charge in [-0.25, -0.2) is 4.79 Å². The molecule has 2 aromatic carbocycles. The molecule has 0 unspecified atom stereocenters. The van der Waals surface area contributed by atoms with Gasteiger partial charge in [-0.1, -0.05) is 55.5 Å². The number of pyridine rings is 1. The van der Waals surface area contributed by atoms with Crippen LogP contribution in [-0.4, -0.2) is 41.5 Å². The molecule has 6 heteroatoms. The van der Waals surface area contributed by atoms with Crippen LogP contribution in [0.3, 0.4) is 0 Å². The average Bonchev–Trinajstić information content (AvgIpc) is 2.79. The summed E-state index contributed by atoms with van der Waals surface area (Å²) in [6, 6.07) is 17.2. The Balaban J connectivity index is 1.51. The quantitative estimate of drug-likeness (QED) is 0.641. The van der Waals surface area contributed by atoms with Crippen molar-refractivity contribution in [1.82, 2.24) is 15.2 Å². The molecule has 2 heterocycles. The number of fused-ring (bicyclic) bond motifs is 2. The highest BCUT2D eigenvalue weighted by Crippen LogP contribution is 2.28. The molecule has 0 radical (unpaired) electrons. The molecule has 1 aliphatic rings. The number of carbonyl (C=O) groups excluding carboxylic acids is 2. The van der Waals surface area contributed by atoms with Crippen LogP contribution in [0.2, 0.25) is 0 Å². The van der Waals surface area contributed by atoms with E-state index in [1.807, 2.05) is 54.6 Å². The molecule has 1 aliphatic heterocycles. The smallest absolute Gasteiger partial charge is 0.339 e. The van der Waals surface area contributed by atoms with Gasteiger partial charge in [0.25, 0.3) is 5.91 Å². The molecule has 0 spiro atoms. The van der Waals surface area contributed by atoms with Gasteiger partial charge in [0.05, 0.1) is 11.1 Å². The van der Waals surface area contributed by atoms with Gasteiger partial charge in [-0.3, -0.25) is 14.7 Å². The molecule has 6 nitrogen and oxygen atoms in total. The number of aromatic nitrogens is 1. The summed E-state index contributed by atoms with van der Waals surface area (Å²) in [6.45, 7) is 4.68. The van der Waals surface area contributed by atoms with Crippen LogP contribution in [0.5, 0.6) is 0 Å². The molecule has 154 valence electrons. The van der Waals surface area contributed by atoms with E-state index in [4.69, 9.17) is 9.72 Å². The van der Waals surface area contributed by atoms with Gasteiger partial charge in [0.2, 0.25) is 0 Å². The number of likely N-dealkylation sites (N-methyl/N-ethyl adjacent to an activating group) is 1.